The highest BCUT2D eigenvalue weighted by atomic mass is 35.5. The molecule has 2 unspecified atom stereocenters. The van der Waals surface area contributed by atoms with Gasteiger partial charge in [-0.15, -0.1) is 12.4 Å². The molecule has 3 N–H and O–H groups in total. The lowest BCUT2D eigenvalue weighted by Crippen LogP contribution is -2.29. The maximum Gasteiger partial charge on any atom is 0.222 e. The lowest BCUT2D eigenvalue weighted by Gasteiger charge is -2.17. The SMILES string of the molecule is CC(NC(=O)CC(N)c1ccccc1)c1ccc(OCC2CC2)c(F)c1.Cl. The van der Waals surface area contributed by atoms with Crippen molar-refractivity contribution in [1.82, 2.24) is 5.32 Å². The number of rotatable bonds is 8. The molecule has 0 radical (unpaired) electrons. The average Bonchev–Trinajstić information content (AvgIpc) is 3.45. The van der Waals surface area contributed by atoms with E-state index in [1.807, 2.05) is 37.3 Å². The molecule has 0 spiro atoms. The fraction of sp³-hybridized carbons (Fsp3) is 0.381. The van der Waals surface area contributed by atoms with Crippen LogP contribution in [0.1, 0.15) is 49.4 Å². The minimum absolute atomic E-state index is 0. The van der Waals surface area contributed by atoms with Crippen LogP contribution in [0.4, 0.5) is 4.39 Å². The molecule has 0 bridgehead atoms. The van der Waals surface area contributed by atoms with E-state index in [1.165, 1.54) is 6.07 Å². The quantitative estimate of drug-likeness (QED) is 0.703. The molecular weight excluding hydrogens is 367 g/mol. The second-order valence-electron chi connectivity index (χ2n) is 6.95. The van der Waals surface area contributed by atoms with Crippen LogP contribution in [0.2, 0.25) is 0 Å². The van der Waals surface area contributed by atoms with Crippen molar-refractivity contribution in [2.75, 3.05) is 6.61 Å². The van der Waals surface area contributed by atoms with Crippen molar-refractivity contribution in [3.05, 3.63) is 65.5 Å². The summed E-state index contributed by atoms with van der Waals surface area (Å²) in [6, 6.07) is 13.7. The summed E-state index contributed by atoms with van der Waals surface area (Å²) in [6.07, 6.45) is 2.50. The first-order valence-corrected chi connectivity index (χ1v) is 9.05. The number of carbonyl (C=O) groups excluding carboxylic acids is 1. The van der Waals surface area contributed by atoms with E-state index in [2.05, 4.69) is 5.32 Å². The normalized spacial score (nSPS) is 15.4. The molecule has 1 fully saturated rings. The van der Waals surface area contributed by atoms with Gasteiger partial charge in [0.05, 0.1) is 12.6 Å². The van der Waals surface area contributed by atoms with Crippen molar-refractivity contribution in [3.63, 3.8) is 0 Å². The molecule has 0 heterocycles. The monoisotopic (exact) mass is 392 g/mol. The molecule has 1 saturated carbocycles. The molecule has 0 aliphatic heterocycles. The minimum atomic E-state index is -0.398. The Bertz CT molecular complexity index is 753. The van der Waals surface area contributed by atoms with E-state index in [4.69, 9.17) is 10.5 Å². The van der Waals surface area contributed by atoms with Crippen LogP contribution in [0.15, 0.2) is 48.5 Å². The van der Waals surface area contributed by atoms with Gasteiger partial charge in [-0.05, 0) is 48.9 Å². The van der Waals surface area contributed by atoms with E-state index in [9.17, 15) is 9.18 Å². The average molecular weight is 393 g/mol. The summed E-state index contributed by atoms with van der Waals surface area (Å²) in [7, 11) is 0. The van der Waals surface area contributed by atoms with Crippen LogP contribution < -0.4 is 15.8 Å². The zero-order chi connectivity index (χ0) is 18.5. The van der Waals surface area contributed by atoms with Gasteiger partial charge < -0.3 is 15.8 Å². The Kier molecular flexibility index (Phi) is 7.63. The number of ether oxygens (including phenoxy) is 1. The van der Waals surface area contributed by atoms with Crippen LogP contribution in [-0.4, -0.2) is 12.5 Å². The van der Waals surface area contributed by atoms with Gasteiger partial charge in [-0.1, -0.05) is 36.4 Å². The number of nitrogens with one attached hydrogen (secondary N) is 1. The van der Waals surface area contributed by atoms with Crippen LogP contribution in [0.3, 0.4) is 0 Å². The van der Waals surface area contributed by atoms with Gasteiger partial charge in [0.15, 0.2) is 11.6 Å². The molecule has 3 rings (SSSR count). The highest BCUT2D eigenvalue weighted by Crippen LogP contribution is 2.30. The topological polar surface area (TPSA) is 64.4 Å². The number of carbonyl (C=O) groups is 1. The van der Waals surface area contributed by atoms with Crippen molar-refractivity contribution in [2.24, 2.45) is 11.7 Å². The summed E-state index contributed by atoms with van der Waals surface area (Å²) in [5, 5.41) is 2.88. The molecular formula is C21H26ClFN2O2. The summed E-state index contributed by atoms with van der Waals surface area (Å²) < 4.78 is 19.7. The third-order valence-electron chi connectivity index (χ3n) is 4.64. The second-order valence-corrected chi connectivity index (χ2v) is 6.95. The van der Waals surface area contributed by atoms with Crippen LogP contribution in [0, 0.1) is 11.7 Å². The smallest absolute Gasteiger partial charge is 0.222 e. The molecule has 6 heteroatoms. The van der Waals surface area contributed by atoms with Crippen molar-refractivity contribution in [3.8, 4) is 5.75 Å². The predicted molar refractivity (Wildman–Crippen MR) is 106 cm³/mol. The van der Waals surface area contributed by atoms with Gasteiger partial charge in [0, 0.05) is 12.5 Å². The standard InChI is InChI=1S/C21H25FN2O2.ClH/c1-14(24-21(25)12-19(23)16-5-3-2-4-6-16)17-9-10-20(18(22)11-17)26-13-15-7-8-15;/h2-6,9-11,14-15,19H,7-8,12-13,23H2,1H3,(H,24,25);1H. The van der Waals surface area contributed by atoms with Gasteiger partial charge in [-0.2, -0.15) is 0 Å². The van der Waals surface area contributed by atoms with Crippen LogP contribution in [-0.2, 0) is 4.79 Å². The molecule has 4 nitrogen and oxygen atoms in total. The summed E-state index contributed by atoms with van der Waals surface area (Å²) in [5.41, 5.74) is 7.69. The fourth-order valence-corrected chi connectivity index (χ4v) is 2.80. The van der Waals surface area contributed by atoms with E-state index in [-0.39, 0.29) is 42.6 Å². The Labute approximate surface area is 165 Å². The number of halogens is 2. The summed E-state index contributed by atoms with van der Waals surface area (Å²) in [5.74, 6) is 0.278. The van der Waals surface area contributed by atoms with Crippen LogP contribution >= 0.6 is 12.4 Å². The van der Waals surface area contributed by atoms with E-state index in [0.717, 1.165) is 18.4 Å². The largest absolute Gasteiger partial charge is 0.490 e. The molecule has 2 aromatic carbocycles. The van der Waals surface area contributed by atoms with E-state index in [0.29, 0.717) is 18.1 Å². The number of amides is 1. The Morgan fingerprint density at radius 2 is 1.93 bits per heavy atom. The summed E-state index contributed by atoms with van der Waals surface area (Å²) in [6.45, 7) is 2.39. The van der Waals surface area contributed by atoms with Crippen molar-refractivity contribution in [2.45, 2.75) is 38.3 Å². The number of nitrogens with two attached hydrogens (primary N) is 1. The third-order valence-corrected chi connectivity index (χ3v) is 4.64. The van der Waals surface area contributed by atoms with Gasteiger partial charge >= 0.3 is 0 Å². The van der Waals surface area contributed by atoms with Gasteiger partial charge in [-0.25, -0.2) is 4.39 Å². The first-order valence-electron chi connectivity index (χ1n) is 9.05. The van der Waals surface area contributed by atoms with Gasteiger partial charge in [0.2, 0.25) is 5.91 Å². The molecule has 27 heavy (non-hydrogen) atoms. The maximum atomic E-state index is 14.2. The lowest BCUT2D eigenvalue weighted by molar-refractivity contribution is -0.122. The lowest BCUT2D eigenvalue weighted by atomic mass is 10.0. The van der Waals surface area contributed by atoms with Crippen LogP contribution in [0.5, 0.6) is 5.75 Å². The molecule has 1 amide bonds. The Hall–Kier alpha value is -2.11. The molecule has 0 aromatic heterocycles. The minimum Gasteiger partial charge on any atom is -0.490 e. The Balaban J connectivity index is 0.00000261. The second kappa shape index (κ2) is 9.72. The van der Waals surface area contributed by atoms with Gasteiger partial charge in [-0.3, -0.25) is 4.79 Å². The van der Waals surface area contributed by atoms with E-state index < -0.39 is 5.82 Å². The van der Waals surface area contributed by atoms with Gasteiger partial charge in [0.1, 0.15) is 0 Å². The number of benzene rings is 2. The van der Waals surface area contributed by atoms with E-state index in [1.54, 1.807) is 12.1 Å². The molecule has 2 atom stereocenters. The predicted octanol–water partition coefficient (Wildman–Crippen LogP) is 4.30. The summed E-state index contributed by atoms with van der Waals surface area (Å²) >= 11 is 0. The summed E-state index contributed by atoms with van der Waals surface area (Å²) in [4.78, 5) is 12.2. The zero-order valence-electron chi connectivity index (χ0n) is 15.4. The molecule has 146 valence electrons. The zero-order valence-corrected chi connectivity index (χ0v) is 16.2. The van der Waals surface area contributed by atoms with Gasteiger partial charge in [0.25, 0.3) is 0 Å². The molecule has 1 aliphatic rings. The first-order chi connectivity index (χ1) is 12.5. The first kappa shape index (κ1) is 21.2. The fourth-order valence-electron chi connectivity index (χ4n) is 2.80. The van der Waals surface area contributed by atoms with Crippen molar-refractivity contribution < 1.29 is 13.9 Å². The number of hydrogen-bond acceptors (Lipinski definition) is 3. The molecule has 1 aliphatic carbocycles. The molecule has 0 saturated heterocycles. The maximum absolute atomic E-state index is 14.2. The Morgan fingerprint density at radius 1 is 1.22 bits per heavy atom. The highest BCUT2D eigenvalue weighted by Gasteiger charge is 2.22. The Morgan fingerprint density at radius 3 is 2.56 bits per heavy atom. The number of hydrogen-bond donors (Lipinski definition) is 2. The van der Waals surface area contributed by atoms with Crippen LogP contribution in [0.25, 0.3) is 0 Å². The highest BCUT2D eigenvalue weighted by molar-refractivity contribution is 5.85. The molecule has 2 aromatic rings. The van der Waals surface area contributed by atoms with E-state index >= 15 is 0 Å². The van der Waals surface area contributed by atoms with Crippen molar-refractivity contribution in [1.29, 1.82) is 0 Å². The third kappa shape index (κ3) is 6.22. The van der Waals surface area contributed by atoms with Crippen molar-refractivity contribution >= 4 is 18.3 Å².